The van der Waals surface area contributed by atoms with Crippen molar-refractivity contribution in [3.8, 4) is 0 Å². The molecular formula is C20H31FN2O4. The van der Waals surface area contributed by atoms with Crippen molar-refractivity contribution in [3.63, 3.8) is 0 Å². The van der Waals surface area contributed by atoms with E-state index in [4.69, 9.17) is 0 Å². The van der Waals surface area contributed by atoms with E-state index in [2.05, 4.69) is 4.74 Å². The molecule has 0 amide bonds. The monoisotopic (exact) mass is 382 g/mol. The van der Waals surface area contributed by atoms with Gasteiger partial charge in [0.15, 0.2) is 0 Å². The number of carbonyl (C=O) groups is 1. The van der Waals surface area contributed by atoms with Gasteiger partial charge in [-0.25, -0.2) is 4.39 Å². The lowest BCUT2D eigenvalue weighted by molar-refractivity contribution is -0.384. The molecule has 7 heteroatoms. The molecule has 1 rings (SSSR count). The Morgan fingerprint density at radius 1 is 1.22 bits per heavy atom. The van der Waals surface area contributed by atoms with Gasteiger partial charge in [-0.1, -0.05) is 34.6 Å². The van der Waals surface area contributed by atoms with Gasteiger partial charge >= 0.3 is 5.97 Å². The van der Waals surface area contributed by atoms with Gasteiger partial charge in [0.2, 0.25) is 0 Å². The molecule has 0 aromatic heterocycles. The van der Waals surface area contributed by atoms with Crippen LogP contribution in [0.15, 0.2) is 12.1 Å². The van der Waals surface area contributed by atoms with Crippen LogP contribution in [0, 0.1) is 27.8 Å². The van der Waals surface area contributed by atoms with Gasteiger partial charge in [0.25, 0.3) is 5.69 Å². The number of nitrogens with zero attached hydrogens (tertiary/aromatic N) is 2. The molecule has 1 aromatic rings. The first-order chi connectivity index (χ1) is 12.6. The van der Waals surface area contributed by atoms with Gasteiger partial charge in [-0.15, -0.1) is 0 Å². The molecule has 0 saturated heterocycles. The maximum Gasteiger partial charge on any atom is 0.306 e. The first-order valence-corrected chi connectivity index (χ1v) is 9.40. The Kier molecular flexibility index (Phi) is 8.66. The van der Waals surface area contributed by atoms with E-state index in [1.807, 2.05) is 39.5 Å². The van der Waals surface area contributed by atoms with Crippen molar-refractivity contribution in [1.82, 2.24) is 0 Å². The number of benzene rings is 1. The van der Waals surface area contributed by atoms with Gasteiger partial charge in [0.1, 0.15) is 11.5 Å². The molecule has 152 valence electrons. The third-order valence-corrected chi connectivity index (χ3v) is 4.38. The highest BCUT2D eigenvalue weighted by molar-refractivity contribution is 5.71. The van der Waals surface area contributed by atoms with Crippen LogP contribution in [0.3, 0.4) is 0 Å². The molecule has 0 heterocycles. The molecule has 0 aliphatic heterocycles. The summed E-state index contributed by atoms with van der Waals surface area (Å²) in [6.07, 6.45) is 0.465. The molecule has 0 radical (unpaired) electrons. The van der Waals surface area contributed by atoms with E-state index in [1.54, 1.807) is 0 Å². The third kappa shape index (κ3) is 6.48. The Bertz CT molecular complexity index is 652. The third-order valence-electron chi connectivity index (χ3n) is 4.38. The van der Waals surface area contributed by atoms with E-state index < -0.39 is 22.6 Å². The predicted octanol–water partition coefficient (Wildman–Crippen LogP) is 4.91. The van der Waals surface area contributed by atoms with Crippen molar-refractivity contribution in [2.45, 2.75) is 53.4 Å². The molecule has 0 saturated carbocycles. The van der Waals surface area contributed by atoms with Crippen LogP contribution in [0.2, 0.25) is 0 Å². The molecule has 6 nitrogen and oxygen atoms in total. The Labute approximate surface area is 160 Å². The number of esters is 1. The van der Waals surface area contributed by atoms with Crippen LogP contribution in [0.4, 0.5) is 15.8 Å². The fraction of sp³-hybridized carbons (Fsp3) is 0.650. The van der Waals surface area contributed by atoms with Crippen LogP contribution in [-0.2, 0) is 9.53 Å². The fourth-order valence-electron chi connectivity index (χ4n) is 3.19. The summed E-state index contributed by atoms with van der Waals surface area (Å²) >= 11 is 0. The van der Waals surface area contributed by atoms with Crippen LogP contribution >= 0.6 is 0 Å². The van der Waals surface area contributed by atoms with E-state index in [9.17, 15) is 19.3 Å². The molecule has 0 aliphatic carbocycles. The molecule has 1 unspecified atom stereocenters. The molecule has 1 aromatic carbocycles. The maximum absolute atomic E-state index is 14.9. The lowest BCUT2D eigenvalue weighted by Crippen LogP contribution is -2.32. The molecule has 0 aliphatic rings. The fourth-order valence-corrected chi connectivity index (χ4v) is 3.19. The lowest BCUT2D eigenvalue weighted by Gasteiger charge is -2.29. The van der Waals surface area contributed by atoms with Crippen LogP contribution in [-0.4, -0.2) is 31.1 Å². The molecule has 0 spiro atoms. The summed E-state index contributed by atoms with van der Waals surface area (Å²) in [4.78, 5) is 24.7. The van der Waals surface area contributed by atoms with Gasteiger partial charge in [0, 0.05) is 25.2 Å². The first-order valence-electron chi connectivity index (χ1n) is 9.40. The highest BCUT2D eigenvalue weighted by atomic mass is 19.1. The number of nitro benzene ring substituents is 1. The minimum atomic E-state index is -0.524. The zero-order valence-corrected chi connectivity index (χ0v) is 17.1. The summed E-state index contributed by atoms with van der Waals surface area (Å²) in [7, 11) is 1.27. The van der Waals surface area contributed by atoms with Crippen molar-refractivity contribution in [2.75, 3.05) is 25.1 Å². The van der Waals surface area contributed by atoms with E-state index in [0.29, 0.717) is 19.5 Å². The van der Waals surface area contributed by atoms with Crippen molar-refractivity contribution in [2.24, 2.45) is 11.8 Å². The summed E-state index contributed by atoms with van der Waals surface area (Å²) in [5, 5.41) is 11.7. The number of carbonyl (C=O) groups excluding carboxylic acids is 1. The number of nitro groups is 1. The van der Waals surface area contributed by atoms with Crippen LogP contribution in [0.25, 0.3) is 0 Å². The number of ether oxygens (including phenoxy) is 1. The van der Waals surface area contributed by atoms with Crippen molar-refractivity contribution < 1.29 is 18.8 Å². The highest BCUT2D eigenvalue weighted by Gasteiger charge is 2.27. The Morgan fingerprint density at radius 3 is 2.19 bits per heavy atom. The molecule has 0 N–H and O–H groups in total. The molecule has 0 fully saturated rings. The average Bonchev–Trinajstić information content (AvgIpc) is 2.57. The van der Waals surface area contributed by atoms with E-state index in [0.717, 1.165) is 0 Å². The number of anilines is 1. The average molecular weight is 382 g/mol. The number of methoxy groups -OCH3 is 1. The molecule has 0 bridgehead atoms. The van der Waals surface area contributed by atoms with Gasteiger partial charge in [-0.3, -0.25) is 14.9 Å². The topological polar surface area (TPSA) is 72.7 Å². The Hall–Kier alpha value is -2.18. The minimum absolute atomic E-state index is 0.0118. The standard InChI is InChI=1S/C20H31FN2O4/c1-7-15(8-20(24)27-6)16-9-19(23(25)26)18(10-17(16)21)22(11-13(2)3)12-14(4)5/h9-10,13-15H,7-8,11-12H2,1-6H3. The van der Waals surface area contributed by atoms with Gasteiger partial charge in [-0.05, 0) is 29.7 Å². The second-order valence-electron chi connectivity index (χ2n) is 7.70. The summed E-state index contributed by atoms with van der Waals surface area (Å²) in [5.74, 6) is -0.908. The number of hydrogen-bond acceptors (Lipinski definition) is 5. The Balaban J connectivity index is 3.44. The molecular weight excluding hydrogens is 351 g/mol. The smallest absolute Gasteiger partial charge is 0.306 e. The normalized spacial score (nSPS) is 12.3. The van der Waals surface area contributed by atoms with E-state index in [1.165, 1.54) is 19.2 Å². The van der Waals surface area contributed by atoms with Gasteiger partial charge < -0.3 is 9.64 Å². The zero-order valence-electron chi connectivity index (χ0n) is 17.1. The summed E-state index contributed by atoms with van der Waals surface area (Å²) < 4.78 is 19.6. The minimum Gasteiger partial charge on any atom is -0.469 e. The van der Waals surface area contributed by atoms with Crippen LogP contribution in [0.1, 0.15) is 58.9 Å². The van der Waals surface area contributed by atoms with Gasteiger partial charge in [-0.2, -0.15) is 0 Å². The zero-order chi connectivity index (χ0) is 20.7. The highest BCUT2D eigenvalue weighted by Crippen LogP contribution is 2.36. The van der Waals surface area contributed by atoms with E-state index in [-0.39, 0.29) is 35.2 Å². The van der Waals surface area contributed by atoms with Crippen LogP contribution < -0.4 is 4.90 Å². The Morgan fingerprint density at radius 2 is 1.78 bits per heavy atom. The lowest BCUT2D eigenvalue weighted by atomic mass is 9.91. The SMILES string of the molecule is CCC(CC(=O)OC)c1cc([N+](=O)[O-])c(N(CC(C)C)CC(C)C)cc1F. The quantitative estimate of drug-likeness (QED) is 0.327. The maximum atomic E-state index is 14.9. The van der Waals surface area contributed by atoms with E-state index >= 15 is 0 Å². The van der Waals surface area contributed by atoms with Crippen LogP contribution in [0.5, 0.6) is 0 Å². The largest absolute Gasteiger partial charge is 0.469 e. The first kappa shape index (κ1) is 22.9. The summed E-state index contributed by atoms with van der Waals surface area (Å²) in [5.41, 5.74) is 0.347. The molecule has 27 heavy (non-hydrogen) atoms. The molecule has 1 atom stereocenters. The number of hydrogen-bond donors (Lipinski definition) is 0. The van der Waals surface area contributed by atoms with Crippen molar-refractivity contribution >= 4 is 17.3 Å². The second-order valence-corrected chi connectivity index (χ2v) is 7.70. The summed E-state index contributed by atoms with van der Waals surface area (Å²) in [6.45, 7) is 11.1. The summed E-state index contributed by atoms with van der Waals surface area (Å²) in [6, 6.07) is 2.54. The number of rotatable bonds is 10. The second kappa shape index (κ2) is 10.2. The predicted molar refractivity (Wildman–Crippen MR) is 105 cm³/mol. The van der Waals surface area contributed by atoms with Crippen molar-refractivity contribution in [3.05, 3.63) is 33.6 Å². The van der Waals surface area contributed by atoms with Crippen molar-refractivity contribution in [1.29, 1.82) is 0 Å². The number of halogens is 1. The van der Waals surface area contributed by atoms with Gasteiger partial charge in [0.05, 0.1) is 18.5 Å².